The Kier molecular flexibility index (Phi) is 8.44. The van der Waals surface area contributed by atoms with Crippen molar-refractivity contribution in [3.8, 4) is 0 Å². The minimum Gasteiger partial charge on any atom is -0.369 e. The second-order valence-corrected chi connectivity index (χ2v) is 8.97. The molecule has 0 bridgehead atoms. The number of anilines is 2. The molecule has 0 saturated carbocycles. The molecule has 2 aromatic rings. The van der Waals surface area contributed by atoms with Crippen LogP contribution < -0.4 is 20.4 Å². The number of rotatable bonds is 8. The lowest BCUT2D eigenvalue weighted by atomic mass is 10.1. The van der Waals surface area contributed by atoms with Gasteiger partial charge in [0.05, 0.1) is 18.8 Å². The van der Waals surface area contributed by atoms with E-state index in [4.69, 9.17) is 5.41 Å². The number of nitrogens with one attached hydrogen (secondary N) is 3. The molecule has 2 saturated heterocycles. The SMILES string of the molecule is CC(=NCC(=N)CN=C(C)c1ccc(N2CCNCC2)cc1)c1ccc(N2CCNCC2)cc1. The van der Waals surface area contributed by atoms with Gasteiger partial charge in [-0.1, -0.05) is 24.3 Å². The monoisotopic (exact) mass is 459 g/mol. The van der Waals surface area contributed by atoms with E-state index in [0.29, 0.717) is 18.8 Å². The van der Waals surface area contributed by atoms with E-state index in [1.807, 2.05) is 13.8 Å². The summed E-state index contributed by atoms with van der Waals surface area (Å²) in [5, 5.41) is 15.1. The molecule has 34 heavy (non-hydrogen) atoms. The van der Waals surface area contributed by atoms with Crippen molar-refractivity contribution in [2.45, 2.75) is 13.8 Å². The average Bonchev–Trinajstić information content (AvgIpc) is 2.91. The molecular weight excluding hydrogens is 422 g/mol. The number of piperazine rings is 2. The van der Waals surface area contributed by atoms with E-state index in [1.54, 1.807) is 0 Å². The topological polar surface area (TPSA) is 79.1 Å². The molecule has 0 amide bonds. The van der Waals surface area contributed by atoms with Crippen LogP contribution in [0.1, 0.15) is 25.0 Å². The predicted octanol–water partition coefficient (Wildman–Crippen LogP) is 2.84. The van der Waals surface area contributed by atoms with Crippen molar-refractivity contribution in [2.75, 3.05) is 75.2 Å². The Morgan fingerprint density at radius 3 is 1.38 bits per heavy atom. The van der Waals surface area contributed by atoms with Gasteiger partial charge in [-0.25, -0.2) is 0 Å². The molecule has 180 valence electrons. The number of aliphatic imine (C=N–C) groups is 2. The van der Waals surface area contributed by atoms with Crippen LogP contribution in [0.3, 0.4) is 0 Å². The first-order valence-electron chi connectivity index (χ1n) is 12.3. The maximum absolute atomic E-state index is 8.30. The summed E-state index contributed by atoms with van der Waals surface area (Å²) >= 11 is 0. The summed E-state index contributed by atoms with van der Waals surface area (Å²) in [7, 11) is 0. The quantitative estimate of drug-likeness (QED) is 0.531. The molecule has 2 fully saturated rings. The Morgan fingerprint density at radius 1 is 0.676 bits per heavy atom. The van der Waals surface area contributed by atoms with Crippen molar-refractivity contribution >= 4 is 28.5 Å². The van der Waals surface area contributed by atoms with Crippen LogP contribution >= 0.6 is 0 Å². The molecule has 0 spiro atoms. The van der Waals surface area contributed by atoms with E-state index >= 15 is 0 Å². The third-order valence-electron chi connectivity index (χ3n) is 6.55. The molecule has 3 N–H and O–H groups in total. The fourth-order valence-corrected chi connectivity index (χ4v) is 4.33. The summed E-state index contributed by atoms with van der Waals surface area (Å²) in [6.45, 7) is 13.1. The standard InChI is InChI=1S/C27H37N7/c1-21(23-3-7-26(8-4-23)33-15-11-29-12-16-33)31-19-25(28)20-32-22(2)24-5-9-27(10-6-24)34-17-13-30-14-18-34/h3-10,28-30H,11-20H2,1-2H3. The second-order valence-electron chi connectivity index (χ2n) is 8.97. The van der Waals surface area contributed by atoms with Crippen LogP contribution in [0.2, 0.25) is 0 Å². The van der Waals surface area contributed by atoms with Gasteiger partial charge in [-0.2, -0.15) is 0 Å². The second kappa shape index (κ2) is 11.9. The molecule has 0 unspecified atom stereocenters. The van der Waals surface area contributed by atoms with Gasteiger partial charge in [0.2, 0.25) is 0 Å². The van der Waals surface area contributed by atoms with Crippen molar-refractivity contribution in [1.82, 2.24) is 10.6 Å². The van der Waals surface area contributed by atoms with Gasteiger partial charge in [-0.3, -0.25) is 9.98 Å². The molecule has 0 aromatic heterocycles. The third kappa shape index (κ3) is 6.52. The van der Waals surface area contributed by atoms with Crippen LogP contribution in [0.25, 0.3) is 0 Å². The van der Waals surface area contributed by atoms with Crippen molar-refractivity contribution in [3.63, 3.8) is 0 Å². The Bertz CT molecular complexity index is 915. The van der Waals surface area contributed by atoms with Crippen LogP contribution in [0.5, 0.6) is 0 Å². The van der Waals surface area contributed by atoms with Crippen LogP contribution in [0.4, 0.5) is 11.4 Å². The third-order valence-corrected chi connectivity index (χ3v) is 6.55. The Balaban J connectivity index is 1.27. The number of nitrogens with zero attached hydrogens (tertiary/aromatic N) is 4. The Labute approximate surface area is 203 Å². The maximum atomic E-state index is 8.30. The van der Waals surface area contributed by atoms with Crippen molar-refractivity contribution in [1.29, 1.82) is 5.41 Å². The van der Waals surface area contributed by atoms with Gasteiger partial charge >= 0.3 is 0 Å². The van der Waals surface area contributed by atoms with Gasteiger partial charge in [-0.15, -0.1) is 0 Å². The minimum absolute atomic E-state index is 0.379. The highest BCUT2D eigenvalue weighted by Crippen LogP contribution is 2.17. The van der Waals surface area contributed by atoms with Crippen molar-refractivity contribution in [2.24, 2.45) is 9.98 Å². The van der Waals surface area contributed by atoms with E-state index in [2.05, 4.69) is 78.9 Å². The van der Waals surface area contributed by atoms with Gasteiger partial charge in [0.15, 0.2) is 0 Å². The summed E-state index contributed by atoms with van der Waals surface area (Å²) < 4.78 is 0. The minimum atomic E-state index is 0.379. The number of hydrogen-bond donors (Lipinski definition) is 3. The normalized spacial score (nSPS) is 17.7. The first-order chi connectivity index (χ1) is 16.6. The highest BCUT2D eigenvalue weighted by Gasteiger charge is 2.11. The zero-order valence-electron chi connectivity index (χ0n) is 20.5. The predicted molar refractivity (Wildman–Crippen MR) is 145 cm³/mol. The van der Waals surface area contributed by atoms with E-state index in [9.17, 15) is 0 Å². The smallest absolute Gasteiger partial charge is 0.0787 e. The van der Waals surface area contributed by atoms with E-state index in [1.165, 1.54) is 11.4 Å². The van der Waals surface area contributed by atoms with Gasteiger partial charge in [-0.05, 0) is 49.2 Å². The average molecular weight is 460 g/mol. The van der Waals surface area contributed by atoms with Gasteiger partial charge in [0, 0.05) is 75.2 Å². The van der Waals surface area contributed by atoms with E-state index in [0.717, 1.165) is 74.9 Å². The molecule has 0 atom stereocenters. The van der Waals surface area contributed by atoms with Crippen LogP contribution in [-0.2, 0) is 0 Å². The molecule has 2 aliphatic heterocycles. The molecular formula is C27H37N7. The molecule has 0 radical (unpaired) electrons. The Morgan fingerprint density at radius 2 is 1.03 bits per heavy atom. The van der Waals surface area contributed by atoms with Crippen molar-refractivity contribution < 1.29 is 0 Å². The first kappa shape index (κ1) is 24.1. The first-order valence-corrected chi connectivity index (χ1v) is 12.3. The van der Waals surface area contributed by atoms with E-state index < -0.39 is 0 Å². The van der Waals surface area contributed by atoms with Gasteiger partial charge < -0.3 is 25.8 Å². The fraction of sp³-hybridized carbons (Fsp3) is 0.444. The molecule has 4 rings (SSSR count). The highest BCUT2D eigenvalue weighted by atomic mass is 15.2. The van der Waals surface area contributed by atoms with Crippen LogP contribution in [0.15, 0.2) is 58.5 Å². The van der Waals surface area contributed by atoms with Gasteiger partial charge in [0.1, 0.15) is 0 Å². The summed E-state index contributed by atoms with van der Waals surface area (Å²) in [6, 6.07) is 17.2. The summed E-state index contributed by atoms with van der Waals surface area (Å²) in [6.07, 6.45) is 0. The zero-order valence-corrected chi connectivity index (χ0v) is 20.5. The summed E-state index contributed by atoms with van der Waals surface area (Å²) in [4.78, 5) is 14.1. The lowest BCUT2D eigenvalue weighted by Gasteiger charge is -2.29. The molecule has 0 aliphatic carbocycles. The lowest BCUT2D eigenvalue weighted by molar-refractivity contribution is 0.589. The summed E-state index contributed by atoms with van der Waals surface area (Å²) in [5.41, 5.74) is 7.18. The number of benzene rings is 2. The zero-order chi connectivity index (χ0) is 23.8. The summed E-state index contributed by atoms with van der Waals surface area (Å²) in [5.74, 6) is 0. The van der Waals surface area contributed by atoms with E-state index in [-0.39, 0.29) is 0 Å². The highest BCUT2D eigenvalue weighted by molar-refractivity contribution is 6.02. The van der Waals surface area contributed by atoms with Crippen LogP contribution in [0, 0.1) is 5.41 Å². The maximum Gasteiger partial charge on any atom is 0.0787 e. The van der Waals surface area contributed by atoms with Crippen LogP contribution in [-0.4, -0.2) is 82.6 Å². The largest absolute Gasteiger partial charge is 0.369 e. The van der Waals surface area contributed by atoms with Crippen molar-refractivity contribution in [3.05, 3.63) is 59.7 Å². The number of hydrogen-bond acceptors (Lipinski definition) is 7. The fourth-order valence-electron chi connectivity index (χ4n) is 4.33. The molecule has 2 heterocycles. The molecule has 7 heteroatoms. The Hall–Kier alpha value is -3.03. The molecule has 2 aromatic carbocycles. The molecule has 2 aliphatic rings. The van der Waals surface area contributed by atoms with Gasteiger partial charge in [0.25, 0.3) is 0 Å². The molecule has 7 nitrogen and oxygen atoms in total. The lowest BCUT2D eigenvalue weighted by Crippen LogP contribution is -2.43.